The molecule has 0 aliphatic carbocycles. The van der Waals surface area contributed by atoms with Crippen LogP contribution in [0.25, 0.3) is 0 Å². The number of benzene rings is 2. The predicted octanol–water partition coefficient (Wildman–Crippen LogP) is 6.67. The van der Waals surface area contributed by atoms with E-state index in [4.69, 9.17) is 9.73 Å². The molecule has 2 aromatic carbocycles. The van der Waals surface area contributed by atoms with E-state index in [0.29, 0.717) is 23.4 Å². The lowest BCUT2D eigenvalue weighted by Gasteiger charge is -2.39. The van der Waals surface area contributed by atoms with Crippen molar-refractivity contribution in [3.05, 3.63) is 77.9 Å². The molecular formula is C34H46N6O3S2. The third-order valence-electron chi connectivity index (χ3n) is 8.88. The Morgan fingerprint density at radius 1 is 1.04 bits per heavy atom. The summed E-state index contributed by atoms with van der Waals surface area (Å²) >= 11 is 2.09. The van der Waals surface area contributed by atoms with Gasteiger partial charge in [-0.25, -0.2) is 13.1 Å². The number of hydrogen-bond donors (Lipinski definition) is 2. The van der Waals surface area contributed by atoms with Gasteiger partial charge in [0, 0.05) is 17.9 Å². The third kappa shape index (κ3) is 7.58. The minimum atomic E-state index is -3.55. The summed E-state index contributed by atoms with van der Waals surface area (Å²) in [5.74, 6) is 4.48. The van der Waals surface area contributed by atoms with Gasteiger partial charge >= 0.3 is 0 Å². The number of sulfone groups is 1. The number of piperidine rings is 1. The molecule has 2 fully saturated rings. The Hall–Kier alpha value is -3.28. The molecule has 2 aliphatic heterocycles. The van der Waals surface area contributed by atoms with E-state index in [1.165, 1.54) is 35.5 Å². The van der Waals surface area contributed by atoms with Crippen LogP contribution in [0.5, 0.6) is 5.75 Å². The van der Waals surface area contributed by atoms with Crippen LogP contribution in [0.3, 0.4) is 0 Å². The number of aliphatic imine (C=N–C) groups is 1. The van der Waals surface area contributed by atoms with E-state index in [2.05, 4.69) is 58.0 Å². The molecule has 0 atom stereocenters. The molecule has 0 bridgehead atoms. The number of nitrogens with one attached hydrogen (secondary N) is 2. The Balaban J connectivity index is 1.36. The normalized spacial score (nSPS) is 17.4. The second-order valence-electron chi connectivity index (χ2n) is 12.2. The molecule has 2 N–H and O–H groups in total. The molecule has 2 aliphatic rings. The van der Waals surface area contributed by atoms with E-state index in [0.717, 1.165) is 49.1 Å². The van der Waals surface area contributed by atoms with Crippen molar-refractivity contribution < 1.29 is 13.2 Å². The van der Waals surface area contributed by atoms with Crippen LogP contribution in [-0.2, 0) is 9.84 Å². The number of ether oxygens (including phenoxy) is 1. The van der Waals surface area contributed by atoms with Gasteiger partial charge in [0.05, 0.1) is 28.6 Å². The molecule has 3 heterocycles. The molecule has 242 valence electrons. The Bertz CT molecular complexity index is 1630. The lowest BCUT2D eigenvalue weighted by Crippen LogP contribution is -2.42. The zero-order valence-corrected chi connectivity index (χ0v) is 28.7. The summed E-state index contributed by atoms with van der Waals surface area (Å²) in [6.07, 6.45) is 6.61. The van der Waals surface area contributed by atoms with Crippen molar-refractivity contribution in [1.82, 2.24) is 14.7 Å². The van der Waals surface area contributed by atoms with Crippen molar-refractivity contribution in [2.45, 2.75) is 75.5 Å². The van der Waals surface area contributed by atoms with Gasteiger partial charge in [-0.1, -0.05) is 18.7 Å². The van der Waals surface area contributed by atoms with Gasteiger partial charge in [-0.15, -0.1) is 0 Å². The van der Waals surface area contributed by atoms with E-state index in [-0.39, 0.29) is 4.90 Å². The molecule has 0 amide bonds. The lowest BCUT2D eigenvalue weighted by molar-refractivity contribution is 0.144. The highest BCUT2D eigenvalue weighted by molar-refractivity contribution is 7.99. The van der Waals surface area contributed by atoms with E-state index in [1.807, 2.05) is 13.0 Å². The molecule has 1 aromatic heterocycles. The molecule has 45 heavy (non-hydrogen) atoms. The first-order chi connectivity index (χ1) is 21.6. The Morgan fingerprint density at radius 2 is 1.76 bits per heavy atom. The van der Waals surface area contributed by atoms with E-state index in [9.17, 15) is 8.42 Å². The van der Waals surface area contributed by atoms with Crippen molar-refractivity contribution in [3.8, 4) is 5.75 Å². The molecule has 0 radical (unpaired) electrons. The number of aromatic nitrogens is 2. The fraction of sp³-hybridized carbons (Fsp3) is 0.471. The van der Waals surface area contributed by atoms with Gasteiger partial charge in [-0.3, -0.25) is 0 Å². The fourth-order valence-electron chi connectivity index (χ4n) is 6.26. The van der Waals surface area contributed by atoms with Crippen LogP contribution in [0, 0.1) is 13.8 Å². The zero-order chi connectivity index (χ0) is 32.1. The van der Waals surface area contributed by atoms with Crippen LogP contribution >= 0.6 is 11.8 Å². The highest BCUT2D eigenvalue weighted by atomic mass is 32.2. The van der Waals surface area contributed by atoms with Crippen molar-refractivity contribution in [3.63, 3.8) is 0 Å². The molecule has 0 saturated carbocycles. The zero-order valence-electron chi connectivity index (χ0n) is 27.0. The molecule has 0 unspecified atom stereocenters. The van der Waals surface area contributed by atoms with Gasteiger partial charge in [0.2, 0.25) is 5.96 Å². The minimum Gasteiger partial charge on any atom is -0.495 e. The monoisotopic (exact) mass is 650 g/mol. The van der Waals surface area contributed by atoms with Crippen LogP contribution in [-0.4, -0.2) is 72.1 Å². The van der Waals surface area contributed by atoms with Crippen LogP contribution in [0.15, 0.2) is 70.9 Å². The quantitative estimate of drug-likeness (QED) is 0.196. The summed E-state index contributed by atoms with van der Waals surface area (Å²) in [5.41, 5.74) is 4.55. The molecule has 9 nitrogen and oxygen atoms in total. The van der Waals surface area contributed by atoms with Gasteiger partial charge in [0.15, 0.2) is 9.84 Å². The molecular weight excluding hydrogens is 605 g/mol. The molecule has 2 saturated heterocycles. The van der Waals surface area contributed by atoms with Crippen LogP contribution < -0.4 is 15.4 Å². The lowest BCUT2D eigenvalue weighted by atomic mass is 9.85. The summed E-state index contributed by atoms with van der Waals surface area (Å²) in [5, 5.41) is 10.4. The number of nitrogens with zero attached hydrogens (tertiary/aromatic N) is 4. The smallest absolute Gasteiger partial charge is 0.230 e. The predicted molar refractivity (Wildman–Crippen MR) is 187 cm³/mol. The second kappa shape index (κ2) is 14.4. The SMILES string of the molecule is C=C(/N=C(/Nc1ccccc1S(=O)(=O)C(C)C)n1nccc1C)Nc1cc(C)c(C2CCN(C3CCSCC3)CC2)cc1OC. The molecule has 0 spiro atoms. The number of rotatable bonds is 9. The molecule has 5 rings (SSSR count). The maximum atomic E-state index is 13.1. The Labute approximate surface area is 272 Å². The standard InChI is InChI=1S/C34H46N6O3S2/c1-23(2)45(41,42)33-10-8-7-9-30(33)38-34(40-25(4)11-16-35-40)37-26(5)36-31-21-24(3)29(22-32(31)43-6)27-12-17-39(18-13-27)28-14-19-44-20-15-28/h7-11,16,21-23,27-28,36H,5,12-15,17-20H2,1-4,6H3,(H,37,38). The number of aryl methyl sites for hydroxylation is 2. The van der Waals surface area contributed by atoms with Crippen molar-refractivity contribution in [1.29, 1.82) is 0 Å². The fourth-order valence-corrected chi connectivity index (χ4v) is 8.54. The van der Waals surface area contributed by atoms with E-state index >= 15 is 0 Å². The first-order valence-electron chi connectivity index (χ1n) is 15.7. The van der Waals surface area contributed by atoms with Crippen molar-refractivity contribution in [2.24, 2.45) is 4.99 Å². The summed E-state index contributed by atoms with van der Waals surface area (Å²) in [4.78, 5) is 7.67. The maximum Gasteiger partial charge on any atom is 0.230 e. The number of likely N-dealkylation sites (tertiary alicyclic amines) is 1. The first-order valence-corrected chi connectivity index (χ1v) is 18.4. The highest BCUT2D eigenvalue weighted by Gasteiger charge is 2.28. The summed E-state index contributed by atoms with van der Waals surface area (Å²) in [6.45, 7) is 13.9. The van der Waals surface area contributed by atoms with Crippen LogP contribution in [0.4, 0.5) is 11.4 Å². The van der Waals surface area contributed by atoms with Crippen molar-refractivity contribution >= 4 is 38.9 Å². The van der Waals surface area contributed by atoms with E-state index in [1.54, 1.807) is 56.1 Å². The number of hydrogen-bond acceptors (Lipinski definition) is 8. The van der Waals surface area contributed by atoms with Crippen LogP contribution in [0.2, 0.25) is 0 Å². The molecule has 3 aromatic rings. The van der Waals surface area contributed by atoms with Crippen LogP contribution in [0.1, 0.15) is 62.3 Å². The number of thioether (sulfide) groups is 1. The summed E-state index contributed by atoms with van der Waals surface area (Å²) in [6, 6.07) is 13.7. The average molecular weight is 651 g/mol. The topological polar surface area (TPSA) is 101 Å². The van der Waals surface area contributed by atoms with E-state index < -0.39 is 15.1 Å². The highest BCUT2D eigenvalue weighted by Crippen LogP contribution is 2.38. The number of anilines is 2. The first kappa shape index (κ1) is 33.1. The molecule has 11 heteroatoms. The van der Waals surface area contributed by atoms with Gasteiger partial charge in [-0.05, 0) is 125 Å². The Kier molecular flexibility index (Phi) is 10.6. The van der Waals surface area contributed by atoms with Gasteiger partial charge in [-0.2, -0.15) is 21.9 Å². The summed E-state index contributed by atoms with van der Waals surface area (Å²) in [7, 11) is -1.87. The van der Waals surface area contributed by atoms with Crippen molar-refractivity contribution in [2.75, 3.05) is 42.3 Å². The average Bonchev–Trinajstić information content (AvgIpc) is 3.47. The second-order valence-corrected chi connectivity index (χ2v) is 15.9. The van der Waals surface area contributed by atoms with Gasteiger partial charge < -0.3 is 20.3 Å². The Morgan fingerprint density at radius 3 is 2.40 bits per heavy atom. The largest absolute Gasteiger partial charge is 0.495 e. The third-order valence-corrected chi connectivity index (χ3v) is 12.1. The van der Waals surface area contributed by atoms with Gasteiger partial charge in [0.25, 0.3) is 0 Å². The number of para-hydroxylation sites is 1. The van der Waals surface area contributed by atoms with Gasteiger partial charge in [0.1, 0.15) is 11.6 Å². The number of methoxy groups -OCH3 is 1. The minimum absolute atomic E-state index is 0.201. The summed E-state index contributed by atoms with van der Waals surface area (Å²) < 4.78 is 33.7. The maximum absolute atomic E-state index is 13.1.